The Kier molecular flexibility index (Phi) is 7.80. The average Bonchev–Trinajstić information content (AvgIpc) is 2.88. The van der Waals surface area contributed by atoms with Crippen molar-refractivity contribution in [3.8, 4) is 0 Å². The number of rotatable bonds is 7. The van der Waals surface area contributed by atoms with Gasteiger partial charge in [0.25, 0.3) is 11.8 Å². The van der Waals surface area contributed by atoms with E-state index >= 15 is 0 Å². The topological polar surface area (TPSA) is 65.5 Å². The van der Waals surface area contributed by atoms with Gasteiger partial charge in [0.15, 0.2) is 0 Å². The minimum absolute atomic E-state index is 0.0742. The lowest BCUT2D eigenvalue weighted by atomic mass is 10.0. The zero-order valence-electron chi connectivity index (χ0n) is 20.8. The van der Waals surface area contributed by atoms with E-state index in [-0.39, 0.29) is 17.9 Å². The number of hydrogen-bond acceptors (Lipinski definition) is 4. The van der Waals surface area contributed by atoms with E-state index in [1.54, 1.807) is 6.20 Å². The predicted molar refractivity (Wildman–Crippen MR) is 140 cm³/mol. The number of aryl methyl sites for hydroxylation is 3. The number of piperazine rings is 1. The molecule has 0 bridgehead atoms. The van der Waals surface area contributed by atoms with Gasteiger partial charge in [-0.25, -0.2) is 4.98 Å². The van der Waals surface area contributed by atoms with Gasteiger partial charge in [0.2, 0.25) is 0 Å². The molecule has 2 heterocycles. The lowest BCUT2D eigenvalue weighted by molar-refractivity contribution is 0.0745. The monoisotopic (exact) mass is 470 g/mol. The van der Waals surface area contributed by atoms with Gasteiger partial charge < -0.3 is 15.1 Å². The van der Waals surface area contributed by atoms with Crippen LogP contribution in [0.2, 0.25) is 0 Å². The van der Waals surface area contributed by atoms with Crippen molar-refractivity contribution in [2.24, 2.45) is 0 Å². The van der Waals surface area contributed by atoms with E-state index in [1.165, 1.54) is 5.56 Å². The van der Waals surface area contributed by atoms with E-state index in [0.29, 0.717) is 31.7 Å². The third kappa shape index (κ3) is 6.27. The largest absolute Gasteiger partial charge is 0.353 e. The number of carbonyl (C=O) groups excluding carboxylic acids is 2. The summed E-state index contributed by atoms with van der Waals surface area (Å²) in [5, 5.41) is 3.07. The highest BCUT2D eigenvalue weighted by molar-refractivity contribution is 5.96. The number of benzene rings is 2. The van der Waals surface area contributed by atoms with Gasteiger partial charge in [-0.3, -0.25) is 9.59 Å². The highest BCUT2D eigenvalue weighted by atomic mass is 16.2. The van der Waals surface area contributed by atoms with Gasteiger partial charge in [0.1, 0.15) is 5.82 Å². The summed E-state index contributed by atoms with van der Waals surface area (Å²) in [6.45, 7) is 8.78. The maximum Gasteiger partial charge on any atom is 0.254 e. The van der Waals surface area contributed by atoms with Crippen molar-refractivity contribution in [3.63, 3.8) is 0 Å². The van der Waals surface area contributed by atoms with E-state index in [0.717, 1.165) is 35.3 Å². The molecular weight excluding hydrogens is 436 g/mol. The van der Waals surface area contributed by atoms with Crippen LogP contribution in [0.15, 0.2) is 66.9 Å². The van der Waals surface area contributed by atoms with Gasteiger partial charge >= 0.3 is 0 Å². The predicted octanol–water partition coefficient (Wildman–Crippen LogP) is 4.41. The molecule has 3 aromatic rings. The Morgan fingerprint density at radius 3 is 2.37 bits per heavy atom. The summed E-state index contributed by atoms with van der Waals surface area (Å²) >= 11 is 0. The Morgan fingerprint density at radius 1 is 0.971 bits per heavy atom. The second-order valence-electron chi connectivity index (χ2n) is 9.40. The number of nitrogens with one attached hydrogen (secondary N) is 1. The Morgan fingerprint density at radius 2 is 1.71 bits per heavy atom. The summed E-state index contributed by atoms with van der Waals surface area (Å²) in [5.74, 6) is 0.814. The molecule has 1 atom stereocenters. The first kappa shape index (κ1) is 24.5. The van der Waals surface area contributed by atoms with E-state index in [2.05, 4.69) is 33.4 Å². The molecule has 2 amide bonds. The summed E-state index contributed by atoms with van der Waals surface area (Å²) in [5.41, 5.74) is 4.78. The van der Waals surface area contributed by atoms with Crippen molar-refractivity contribution in [2.75, 3.05) is 31.1 Å². The van der Waals surface area contributed by atoms with Crippen molar-refractivity contribution < 1.29 is 9.59 Å². The summed E-state index contributed by atoms with van der Waals surface area (Å²) in [4.78, 5) is 34.2. The van der Waals surface area contributed by atoms with Gasteiger partial charge in [-0.2, -0.15) is 0 Å². The van der Waals surface area contributed by atoms with Gasteiger partial charge in [0, 0.05) is 44.0 Å². The van der Waals surface area contributed by atoms with Crippen LogP contribution < -0.4 is 10.2 Å². The Labute approximate surface area is 208 Å². The quantitative estimate of drug-likeness (QED) is 0.556. The molecule has 1 aliphatic rings. The van der Waals surface area contributed by atoms with Gasteiger partial charge in [0.05, 0.1) is 5.56 Å². The molecule has 2 aromatic carbocycles. The van der Waals surface area contributed by atoms with E-state index < -0.39 is 0 Å². The summed E-state index contributed by atoms with van der Waals surface area (Å²) in [6, 6.07) is 20.1. The lowest BCUT2D eigenvalue weighted by Gasteiger charge is -2.35. The van der Waals surface area contributed by atoms with Crippen molar-refractivity contribution in [1.29, 1.82) is 0 Å². The van der Waals surface area contributed by atoms with Crippen molar-refractivity contribution in [1.82, 2.24) is 15.2 Å². The molecule has 6 nitrogen and oxygen atoms in total. The van der Waals surface area contributed by atoms with Crippen molar-refractivity contribution in [3.05, 3.63) is 94.7 Å². The molecule has 1 aliphatic heterocycles. The molecule has 0 radical (unpaired) electrons. The number of amides is 2. The van der Waals surface area contributed by atoms with Crippen LogP contribution in [-0.4, -0.2) is 53.9 Å². The van der Waals surface area contributed by atoms with Crippen LogP contribution in [-0.2, 0) is 6.42 Å². The summed E-state index contributed by atoms with van der Waals surface area (Å²) in [7, 11) is 0. The first-order valence-electron chi connectivity index (χ1n) is 12.3. The van der Waals surface area contributed by atoms with Crippen molar-refractivity contribution >= 4 is 17.6 Å². The van der Waals surface area contributed by atoms with Crippen LogP contribution in [0.1, 0.15) is 50.8 Å². The lowest BCUT2D eigenvalue weighted by Crippen LogP contribution is -2.49. The Hall–Kier alpha value is -3.67. The second kappa shape index (κ2) is 11.2. The number of pyridine rings is 1. The molecule has 35 heavy (non-hydrogen) atoms. The third-order valence-corrected chi connectivity index (χ3v) is 6.60. The number of nitrogens with zero attached hydrogens (tertiary/aromatic N) is 3. The average molecular weight is 471 g/mol. The van der Waals surface area contributed by atoms with Gasteiger partial charge in [-0.05, 0) is 62.9 Å². The molecule has 0 aliphatic carbocycles. The molecule has 1 aromatic heterocycles. The van der Waals surface area contributed by atoms with Crippen molar-refractivity contribution in [2.45, 2.75) is 39.7 Å². The number of hydrogen-bond donors (Lipinski definition) is 1. The van der Waals surface area contributed by atoms with E-state index in [9.17, 15) is 9.59 Å². The first-order valence-corrected chi connectivity index (χ1v) is 12.3. The molecule has 0 spiro atoms. The van der Waals surface area contributed by atoms with Crippen LogP contribution in [0.3, 0.4) is 0 Å². The van der Waals surface area contributed by atoms with Gasteiger partial charge in [-0.1, -0.05) is 48.0 Å². The fourth-order valence-electron chi connectivity index (χ4n) is 4.48. The number of aromatic nitrogens is 1. The fraction of sp³-hybridized carbons (Fsp3) is 0.345. The zero-order chi connectivity index (χ0) is 24.8. The molecule has 6 heteroatoms. The van der Waals surface area contributed by atoms with Crippen LogP contribution in [0.4, 0.5) is 5.82 Å². The highest BCUT2D eigenvalue weighted by Gasteiger charge is 2.24. The summed E-state index contributed by atoms with van der Waals surface area (Å²) < 4.78 is 0. The first-order chi connectivity index (χ1) is 16.9. The molecule has 182 valence electrons. The number of anilines is 1. The van der Waals surface area contributed by atoms with Crippen LogP contribution in [0.25, 0.3) is 0 Å². The zero-order valence-corrected chi connectivity index (χ0v) is 20.8. The minimum Gasteiger partial charge on any atom is -0.353 e. The highest BCUT2D eigenvalue weighted by Crippen LogP contribution is 2.18. The molecule has 1 fully saturated rings. The molecule has 1 unspecified atom stereocenters. The third-order valence-electron chi connectivity index (χ3n) is 6.60. The Bertz CT molecular complexity index is 1150. The van der Waals surface area contributed by atoms with E-state index in [4.69, 9.17) is 0 Å². The normalized spacial score (nSPS) is 14.5. The second-order valence-corrected chi connectivity index (χ2v) is 9.40. The number of carbonyl (C=O) groups is 2. The summed E-state index contributed by atoms with van der Waals surface area (Å²) in [6.07, 6.45) is 3.45. The minimum atomic E-state index is -0.103. The Balaban J connectivity index is 1.27. The molecule has 1 N–H and O–H groups in total. The fourth-order valence-corrected chi connectivity index (χ4v) is 4.48. The standard InChI is InChI=1S/C29H34N4O2/c1-21-9-13-26(22(2)19-21)29(35)33-17-15-32(16-18-33)27-14-12-25(20-30-27)28(34)31-23(3)10-11-24-7-5-4-6-8-24/h4-9,12-14,19-20,23H,10-11,15-18H2,1-3H3,(H,31,34). The molecular formula is C29H34N4O2. The van der Waals surface area contributed by atoms with E-state index in [1.807, 2.05) is 68.1 Å². The smallest absolute Gasteiger partial charge is 0.254 e. The maximum absolute atomic E-state index is 13.0. The molecule has 4 rings (SSSR count). The van der Waals surface area contributed by atoms with Gasteiger partial charge in [-0.15, -0.1) is 0 Å². The molecule has 0 saturated carbocycles. The maximum atomic E-state index is 13.0. The van der Waals surface area contributed by atoms with Crippen LogP contribution >= 0.6 is 0 Å². The molecule has 1 saturated heterocycles. The SMILES string of the molecule is Cc1ccc(C(=O)N2CCN(c3ccc(C(=O)NC(C)CCc4ccccc4)cn3)CC2)c(C)c1. The van der Waals surface area contributed by atoms with Crippen LogP contribution in [0, 0.1) is 13.8 Å². The van der Waals surface area contributed by atoms with Crippen LogP contribution in [0.5, 0.6) is 0 Å².